The predicted molar refractivity (Wildman–Crippen MR) is 116 cm³/mol. The monoisotopic (exact) mass is 441 g/mol. The number of hydrogen-bond acceptors (Lipinski definition) is 4. The van der Waals surface area contributed by atoms with E-state index in [2.05, 4.69) is 10.0 Å². The Bertz CT molecular complexity index is 1210. The van der Waals surface area contributed by atoms with Crippen molar-refractivity contribution in [3.63, 3.8) is 0 Å². The summed E-state index contributed by atoms with van der Waals surface area (Å²) in [4.78, 5) is 25.9. The molecule has 3 rings (SSSR count). The van der Waals surface area contributed by atoms with Crippen LogP contribution in [0, 0.1) is 5.82 Å². The summed E-state index contributed by atoms with van der Waals surface area (Å²) in [5.41, 5.74) is 1.45. The molecule has 160 valence electrons. The van der Waals surface area contributed by atoms with Crippen LogP contribution in [0.1, 0.15) is 20.7 Å². The summed E-state index contributed by atoms with van der Waals surface area (Å²) in [6, 6.07) is 16.8. The van der Waals surface area contributed by atoms with Crippen LogP contribution < -0.4 is 10.0 Å². The summed E-state index contributed by atoms with van der Waals surface area (Å²) in [7, 11) is -0.608. The molecule has 3 aromatic rings. The molecule has 0 aliphatic rings. The van der Waals surface area contributed by atoms with Crippen molar-refractivity contribution in [2.45, 2.75) is 4.90 Å². The van der Waals surface area contributed by atoms with Gasteiger partial charge in [-0.3, -0.25) is 14.3 Å². The second kappa shape index (κ2) is 8.97. The van der Waals surface area contributed by atoms with Crippen LogP contribution in [-0.4, -0.2) is 39.2 Å². The van der Waals surface area contributed by atoms with Crippen LogP contribution in [0.3, 0.4) is 0 Å². The average molecular weight is 441 g/mol. The van der Waals surface area contributed by atoms with E-state index in [1.807, 2.05) is 0 Å². The Kier molecular flexibility index (Phi) is 6.36. The van der Waals surface area contributed by atoms with E-state index in [9.17, 15) is 22.4 Å². The minimum atomic E-state index is -3.88. The topological polar surface area (TPSA) is 95.6 Å². The molecule has 0 bridgehead atoms. The lowest BCUT2D eigenvalue weighted by Crippen LogP contribution is -2.22. The molecule has 0 atom stereocenters. The fraction of sp³-hybridized carbons (Fsp3) is 0.0909. The van der Waals surface area contributed by atoms with Gasteiger partial charge in [-0.05, 0) is 66.7 Å². The first-order chi connectivity index (χ1) is 14.7. The lowest BCUT2D eigenvalue weighted by molar-refractivity contribution is 0.0827. The molecule has 0 spiro atoms. The molecule has 0 saturated heterocycles. The Hall–Kier alpha value is -3.72. The highest BCUT2D eigenvalue weighted by molar-refractivity contribution is 7.92. The van der Waals surface area contributed by atoms with Gasteiger partial charge in [-0.2, -0.15) is 0 Å². The first-order valence-electron chi connectivity index (χ1n) is 9.17. The number of rotatable bonds is 6. The second-order valence-electron chi connectivity index (χ2n) is 6.87. The summed E-state index contributed by atoms with van der Waals surface area (Å²) in [6.45, 7) is 0. The van der Waals surface area contributed by atoms with Crippen LogP contribution in [0.25, 0.3) is 0 Å². The molecule has 2 amide bonds. The van der Waals surface area contributed by atoms with Gasteiger partial charge in [-0.15, -0.1) is 0 Å². The van der Waals surface area contributed by atoms with Crippen molar-refractivity contribution < 1.29 is 22.4 Å². The standard InChI is InChI=1S/C22H20FN3O4S/c1-26(2)22(28)16-4-3-5-19(14-16)24-21(27)15-6-10-18(11-7-15)25-31(29,30)20-12-8-17(23)9-13-20/h3-14,25H,1-2H3,(H,24,27). The third kappa shape index (κ3) is 5.46. The van der Waals surface area contributed by atoms with E-state index in [1.54, 1.807) is 38.4 Å². The lowest BCUT2D eigenvalue weighted by atomic mass is 10.1. The third-order valence-corrected chi connectivity index (χ3v) is 5.69. The highest BCUT2D eigenvalue weighted by Crippen LogP contribution is 2.18. The van der Waals surface area contributed by atoms with Crippen molar-refractivity contribution in [3.05, 3.63) is 89.7 Å². The predicted octanol–water partition coefficient (Wildman–Crippen LogP) is 3.58. The lowest BCUT2D eigenvalue weighted by Gasteiger charge is -2.12. The number of halogens is 1. The smallest absolute Gasteiger partial charge is 0.261 e. The van der Waals surface area contributed by atoms with Crippen molar-refractivity contribution >= 4 is 33.2 Å². The van der Waals surface area contributed by atoms with E-state index in [0.717, 1.165) is 24.3 Å². The van der Waals surface area contributed by atoms with Crippen molar-refractivity contribution in [1.82, 2.24) is 4.90 Å². The van der Waals surface area contributed by atoms with Crippen molar-refractivity contribution in [3.8, 4) is 0 Å². The zero-order chi connectivity index (χ0) is 22.6. The minimum absolute atomic E-state index is 0.0807. The summed E-state index contributed by atoms with van der Waals surface area (Å²) < 4.78 is 40.1. The molecule has 0 aliphatic heterocycles. The van der Waals surface area contributed by atoms with Gasteiger partial charge in [-0.1, -0.05) is 6.07 Å². The number of hydrogen-bond donors (Lipinski definition) is 2. The number of benzene rings is 3. The Morgan fingerprint density at radius 3 is 2.10 bits per heavy atom. The summed E-state index contributed by atoms with van der Waals surface area (Å²) in [6.07, 6.45) is 0. The Morgan fingerprint density at radius 2 is 1.48 bits per heavy atom. The van der Waals surface area contributed by atoms with Crippen LogP contribution >= 0.6 is 0 Å². The number of anilines is 2. The molecule has 2 N–H and O–H groups in total. The third-order valence-electron chi connectivity index (χ3n) is 4.30. The molecule has 0 aliphatic carbocycles. The Balaban J connectivity index is 1.70. The van der Waals surface area contributed by atoms with Gasteiger partial charge in [0.15, 0.2) is 0 Å². The maximum atomic E-state index is 13.0. The van der Waals surface area contributed by atoms with Gasteiger partial charge in [-0.25, -0.2) is 12.8 Å². The fourth-order valence-corrected chi connectivity index (χ4v) is 3.77. The molecule has 0 heterocycles. The maximum absolute atomic E-state index is 13.0. The van der Waals surface area contributed by atoms with E-state index in [-0.39, 0.29) is 16.5 Å². The summed E-state index contributed by atoms with van der Waals surface area (Å²) in [5, 5.41) is 2.71. The largest absolute Gasteiger partial charge is 0.345 e. The van der Waals surface area contributed by atoms with Gasteiger partial charge < -0.3 is 10.2 Å². The summed E-state index contributed by atoms with van der Waals surface area (Å²) in [5.74, 6) is -1.14. The van der Waals surface area contributed by atoms with E-state index in [0.29, 0.717) is 16.8 Å². The van der Waals surface area contributed by atoms with Gasteiger partial charge in [0.2, 0.25) is 0 Å². The maximum Gasteiger partial charge on any atom is 0.261 e. The number of carbonyl (C=O) groups excluding carboxylic acids is 2. The first kappa shape index (κ1) is 22.0. The van der Waals surface area contributed by atoms with Gasteiger partial charge in [0, 0.05) is 36.6 Å². The molecule has 9 heteroatoms. The van der Waals surface area contributed by atoms with Gasteiger partial charge in [0.1, 0.15) is 5.82 Å². The fourth-order valence-electron chi connectivity index (χ4n) is 2.71. The van der Waals surface area contributed by atoms with E-state index in [1.165, 1.54) is 29.2 Å². The normalized spacial score (nSPS) is 10.9. The molecular formula is C22H20FN3O4S. The molecule has 3 aromatic carbocycles. The van der Waals surface area contributed by atoms with E-state index < -0.39 is 21.7 Å². The second-order valence-corrected chi connectivity index (χ2v) is 8.55. The van der Waals surface area contributed by atoms with E-state index in [4.69, 9.17) is 0 Å². The Morgan fingerprint density at radius 1 is 0.839 bits per heavy atom. The highest BCUT2D eigenvalue weighted by Gasteiger charge is 2.15. The number of amides is 2. The van der Waals surface area contributed by atoms with Crippen LogP contribution in [0.4, 0.5) is 15.8 Å². The molecule has 0 aromatic heterocycles. The van der Waals surface area contributed by atoms with Crippen molar-refractivity contribution in [1.29, 1.82) is 0 Å². The number of carbonyl (C=O) groups is 2. The van der Waals surface area contributed by atoms with Crippen LogP contribution in [0.5, 0.6) is 0 Å². The van der Waals surface area contributed by atoms with Crippen LogP contribution in [-0.2, 0) is 10.0 Å². The highest BCUT2D eigenvalue weighted by atomic mass is 32.2. The molecule has 0 fully saturated rings. The zero-order valence-corrected chi connectivity index (χ0v) is 17.6. The van der Waals surface area contributed by atoms with Crippen LogP contribution in [0.15, 0.2) is 77.7 Å². The quantitative estimate of drug-likeness (QED) is 0.611. The molecule has 0 unspecified atom stereocenters. The molecule has 0 radical (unpaired) electrons. The zero-order valence-electron chi connectivity index (χ0n) is 16.8. The number of nitrogens with one attached hydrogen (secondary N) is 2. The van der Waals surface area contributed by atoms with Gasteiger partial charge in [0.25, 0.3) is 21.8 Å². The van der Waals surface area contributed by atoms with Crippen molar-refractivity contribution in [2.75, 3.05) is 24.1 Å². The molecule has 7 nitrogen and oxygen atoms in total. The first-order valence-corrected chi connectivity index (χ1v) is 10.7. The van der Waals surface area contributed by atoms with Gasteiger partial charge in [0.05, 0.1) is 4.90 Å². The number of sulfonamides is 1. The average Bonchev–Trinajstić information content (AvgIpc) is 2.74. The Labute approximate surface area is 179 Å². The van der Waals surface area contributed by atoms with Crippen LogP contribution in [0.2, 0.25) is 0 Å². The molecule has 31 heavy (non-hydrogen) atoms. The van der Waals surface area contributed by atoms with Crippen molar-refractivity contribution in [2.24, 2.45) is 0 Å². The number of nitrogens with zero attached hydrogens (tertiary/aromatic N) is 1. The van der Waals surface area contributed by atoms with E-state index >= 15 is 0 Å². The molecule has 0 saturated carbocycles. The summed E-state index contributed by atoms with van der Waals surface area (Å²) >= 11 is 0. The SMILES string of the molecule is CN(C)C(=O)c1cccc(NC(=O)c2ccc(NS(=O)(=O)c3ccc(F)cc3)cc2)c1. The minimum Gasteiger partial charge on any atom is -0.345 e. The molecular weight excluding hydrogens is 421 g/mol. The van der Waals surface area contributed by atoms with Gasteiger partial charge >= 0.3 is 0 Å².